The summed E-state index contributed by atoms with van der Waals surface area (Å²) in [5, 5.41) is 12.3. The van der Waals surface area contributed by atoms with Gasteiger partial charge in [0.2, 0.25) is 5.78 Å². The number of ether oxygens (including phenoxy) is 1. The molecule has 0 unspecified atom stereocenters. The van der Waals surface area contributed by atoms with Gasteiger partial charge in [0.25, 0.3) is 5.91 Å². The van der Waals surface area contributed by atoms with Gasteiger partial charge in [-0.1, -0.05) is 0 Å². The summed E-state index contributed by atoms with van der Waals surface area (Å²) >= 11 is 0. The quantitative estimate of drug-likeness (QED) is 0.289. The van der Waals surface area contributed by atoms with Gasteiger partial charge in [0.15, 0.2) is 6.10 Å². The number of Topliss-reactive ketones (excluding diaryl/α,β-unsaturated/α-hetero) is 1. The molecule has 0 spiro atoms. The van der Waals surface area contributed by atoms with Gasteiger partial charge in [-0.15, -0.1) is 0 Å². The minimum absolute atomic E-state index is 0.0692. The molecule has 0 aromatic carbocycles. The molecule has 0 aliphatic carbocycles. The first-order chi connectivity index (χ1) is 11.3. The summed E-state index contributed by atoms with van der Waals surface area (Å²) in [7, 11) is 0. The maximum Gasteiger partial charge on any atom is 0.328 e. The molecule has 0 bridgehead atoms. The second kappa shape index (κ2) is 9.39. The zero-order chi connectivity index (χ0) is 18.1. The van der Waals surface area contributed by atoms with Crippen LogP contribution in [0.2, 0.25) is 0 Å². The molecular formula is C15H19N3O6. The number of nitrogens with zero attached hydrogens (tertiary/aromatic N) is 2. The molecule has 1 heterocycles. The molecule has 0 radical (unpaired) electrons. The van der Waals surface area contributed by atoms with E-state index in [1.165, 1.54) is 18.6 Å². The highest BCUT2D eigenvalue weighted by Gasteiger charge is 2.28. The molecule has 2 atom stereocenters. The number of amides is 1. The number of ketones is 1. The highest BCUT2D eigenvalue weighted by atomic mass is 16.5. The van der Waals surface area contributed by atoms with Crippen LogP contribution < -0.4 is 5.32 Å². The molecule has 0 saturated heterocycles. The first-order valence-electron chi connectivity index (χ1n) is 7.26. The summed E-state index contributed by atoms with van der Waals surface area (Å²) < 4.78 is 9.81. The zero-order valence-corrected chi connectivity index (χ0v) is 13.3. The standard InChI is InChI=1S/C15H19N3O6/c1-9(2)24-15(22)12(4-3-11(19)7-17-16)18-14(21)13(20)10-5-6-23-8-10/h5-9,12-13,20H,3-4H2,1-2H3,(H,18,21)/t12-,13+/m0/s1. The Kier molecular flexibility index (Phi) is 7.54. The summed E-state index contributed by atoms with van der Waals surface area (Å²) in [6.07, 6.45) is 1.05. The fourth-order valence-corrected chi connectivity index (χ4v) is 1.81. The van der Waals surface area contributed by atoms with Crippen LogP contribution in [0.3, 0.4) is 0 Å². The van der Waals surface area contributed by atoms with E-state index < -0.39 is 35.9 Å². The zero-order valence-electron chi connectivity index (χ0n) is 13.3. The van der Waals surface area contributed by atoms with Gasteiger partial charge in [0.05, 0.1) is 18.6 Å². The molecule has 130 valence electrons. The van der Waals surface area contributed by atoms with Crippen LogP contribution in [0.5, 0.6) is 0 Å². The number of rotatable bonds is 9. The minimum atomic E-state index is -1.52. The van der Waals surface area contributed by atoms with Crippen molar-refractivity contribution in [3.8, 4) is 0 Å². The van der Waals surface area contributed by atoms with Gasteiger partial charge < -0.3 is 25.1 Å². The first kappa shape index (κ1) is 19.3. The Morgan fingerprint density at radius 1 is 1.46 bits per heavy atom. The Morgan fingerprint density at radius 3 is 2.71 bits per heavy atom. The number of furan rings is 1. The molecule has 9 nitrogen and oxygen atoms in total. The van der Waals surface area contributed by atoms with Crippen LogP contribution in [-0.2, 0) is 19.1 Å². The van der Waals surface area contributed by atoms with Crippen molar-refractivity contribution in [1.29, 1.82) is 0 Å². The van der Waals surface area contributed by atoms with Gasteiger partial charge in [-0.05, 0) is 26.3 Å². The number of aliphatic hydroxyl groups is 1. The van der Waals surface area contributed by atoms with Gasteiger partial charge >= 0.3 is 12.2 Å². The topological polar surface area (TPSA) is 142 Å². The van der Waals surface area contributed by atoms with Crippen LogP contribution >= 0.6 is 0 Å². The molecule has 1 aromatic rings. The molecule has 1 amide bonds. The van der Waals surface area contributed by atoms with Gasteiger partial charge in [0.1, 0.15) is 6.04 Å². The summed E-state index contributed by atoms with van der Waals surface area (Å²) in [5.74, 6) is -2.08. The Balaban J connectivity index is 2.76. The predicted octanol–water partition coefficient (Wildman–Crippen LogP) is 0.399. The number of hydrogen-bond donors (Lipinski definition) is 2. The lowest BCUT2D eigenvalue weighted by molar-refractivity contribution is -0.152. The normalized spacial score (nSPS) is 12.8. The third-order valence-electron chi connectivity index (χ3n) is 2.94. The monoisotopic (exact) mass is 337 g/mol. The summed E-state index contributed by atoms with van der Waals surface area (Å²) in [6.45, 7) is 3.28. The second-order valence-electron chi connectivity index (χ2n) is 5.26. The minimum Gasteiger partial charge on any atom is -0.472 e. The number of carbonyl (C=O) groups is 3. The van der Waals surface area contributed by atoms with E-state index in [4.69, 9.17) is 14.7 Å². The SMILES string of the molecule is CC(C)OC(=O)[C@H](CCC(=O)C=[N+]=[N-])NC(=O)[C@H](O)c1ccoc1. The maximum absolute atomic E-state index is 12.1. The molecule has 1 aromatic heterocycles. The number of carbonyl (C=O) groups excluding carboxylic acids is 3. The molecular weight excluding hydrogens is 318 g/mol. The number of nitrogens with one attached hydrogen (secondary N) is 1. The van der Waals surface area contributed by atoms with Crippen molar-refractivity contribution in [2.75, 3.05) is 0 Å². The fourth-order valence-electron chi connectivity index (χ4n) is 1.81. The molecule has 0 saturated carbocycles. The molecule has 24 heavy (non-hydrogen) atoms. The average molecular weight is 337 g/mol. The summed E-state index contributed by atoms with van der Waals surface area (Å²) in [5.41, 5.74) is 8.53. The van der Waals surface area contributed by atoms with E-state index in [0.29, 0.717) is 6.21 Å². The third-order valence-corrected chi connectivity index (χ3v) is 2.94. The highest BCUT2D eigenvalue weighted by molar-refractivity contribution is 6.25. The average Bonchev–Trinajstić information content (AvgIpc) is 3.04. The number of aliphatic hydroxyl groups excluding tert-OH is 1. The van der Waals surface area contributed by atoms with Crippen molar-refractivity contribution in [3.05, 3.63) is 29.7 Å². The Bertz CT molecular complexity index is 619. The molecule has 0 aliphatic rings. The second-order valence-corrected chi connectivity index (χ2v) is 5.26. The number of hydrogen-bond acceptors (Lipinski definition) is 6. The Morgan fingerprint density at radius 2 is 2.17 bits per heavy atom. The predicted molar refractivity (Wildman–Crippen MR) is 80.8 cm³/mol. The first-order valence-corrected chi connectivity index (χ1v) is 7.26. The van der Waals surface area contributed by atoms with E-state index >= 15 is 0 Å². The largest absolute Gasteiger partial charge is 0.472 e. The van der Waals surface area contributed by atoms with Crippen LogP contribution in [0.1, 0.15) is 38.4 Å². The highest BCUT2D eigenvalue weighted by Crippen LogP contribution is 2.14. The van der Waals surface area contributed by atoms with Crippen LogP contribution in [0.4, 0.5) is 0 Å². The third kappa shape index (κ3) is 6.15. The molecule has 0 aliphatic heterocycles. The van der Waals surface area contributed by atoms with Crippen molar-refractivity contribution >= 4 is 23.9 Å². The summed E-state index contributed by atoms with van der Waals surface area (Å²) in [6, 6.07) is 0.282. The van der Waals surface area contributed by atoms with E-state index in [-0.39, 0.29) is 18.4 Å². The van der Waals surface area contributed by atoms with E-state index in [0.717, 1.165) is 0 Å². The van der Waals surface area contributed by atoms with Crippen molar-refractivity contribution in [2.45, 2.75) is 44.9 Å². The molecule has 0 fully saturated rings. The van der Waals surface area contributed by atoms with E-state index in [1.807, 2.05) is 0 Å². The van der Waals surface area contributed by atoms with E-state index in [1.54, 1.807) is 13.8 Å². The van der Waals surface area contributed by atoms with Crippen LogP contribution in [0.15, 0.2) is 23.0 Å². The van der Waals surface area contributed by atoms with Gasteiger partial charge in [0, 0.05) is 12.0 Å². The smallest absolute Gasteiger partial charge is 0.328 e. The molecule has 1 rings (SSSR count). The lowest BCUT2D eigenvalue weighted by atomic mass is 10.1. The number of esters is 1. The van der Waals surface area contributed by atoms with Crippen molar-refractivity contribution < 1.29 is 33.4 Å². The Labute approximate surface area is 138 Å². The van der Waals surface area contributed by atoms with Gasteiger partial charge in [-0.25, -0.2) is 4.79 Å². The van der Waals surface area contributed by atoms with Crippen molar-refractivity contribution in [3.63, 3.8) is 0 Å². The van der Waals surface area contributed by atoms with Crippen LogP contribution in [-0.4, -0.2) is 45.9 Å². The van der Waals surface area contributed by atoms with Crippen molar-refractivity contribution in [2.24, 2.45) is 0 Å². The van der Waals surface area contributed by atoms with Crippen LogP contribution in [0.25, 0.3) is 5.53 Å². The van der Waals surface area contributed by atoms with E-state index in [9.17, 15) is 19.5 Å². The fraction of sp³-hybridized carbons (Fsp3) is 0.467. The lowest BCUT2D eigenvalue weighted by Crippen LogP contribution is -2.44. The molecule has 9 heteroatoms. The van der Waals surface area contributed by atoms with Crippen molar-refractivity contribution in [1.82, 2.24) is 5.32 Å². The van der Waals surface area contributed by atoms with E-state index in [2.05, 4.69) is 10.1 Å². The lowest BCUT2D eigenvalue weighted by Gasteiger charge is -2.20. The van der Waals surface area contributed by atoms with Gasteiger partial charge in [-0.2, -0.15) is 4.79 Å². The summed E-state index contributed by atoms with van der Waals surface area (Å²) in [4.78, 5) is 38.1. The van der Waals surface area contributed by atoms with Gasteiger partial charge in [-0.3, -0.25) is 9.59 Å². The van der Waals surface area contributed by atoms with Crippen LogP contribution in [0, 0.1) is 0 Å². The maximum atomic E-state index is 12.1. The molecule has 2 N–H and O–H groups in total. The Hall–Kier alpha value is -2.77.